The quantitative estimate of drug-likeness (QED) is 0.399. The Morgan fingerprint density at radius 3 is 2.25 bits per heavy atom. The van der Waals surface area contributed by atoms with Crippen molar-refractivity contribution in [3.8, 4) is 5.75 Å². The van der Waals surface area contributed by atoms with Crippen LogP contribution in [0.3, 0.4) is 0 Å². The van der Waals surface area contributed by atoms with Gasteiger partial charge in [-0.05, 0) is 25.5 Å². The molecule has 1 aromatic carbocycles. The largest absolute Gasteiger partial charge is 0.462 e. The molecule has 1 rings (SSSR count). The number of benzene rings is 1. The molecule has 0 saturated heterocycles. The Kier molecular flexibility index (Phi) is 8.36. The third-order valence-electron chi connectivity index (χ3n) is 3.37. The van der Waals surface area contributed by atoms with Gasteiger partial charge < -0.3 is 9.47 Å². The van der Waals surface area contributed by atoms with E-state index in [2.05, 4.69) is 13.8 Å². The van der Waals surface area contributed by atoms with E-state index in [-0.39, 0.29) is 0 Å². The van der Waals surface area contributed by atoms with Crippen LogP contribution in [0.1, 0.15) is 58.8 Å². The molecule has 0 heterocycles. The lowest BCUT2D eigenvalue weighted by Crippen LogP contribution is -2.36. The van der Waals surface area contributed by atoms with Gasteiger partial charge >= 0.3 is 0 Å². The highest BCUT2D eigenvalue weighted by Gasteiger charge is 2.26. The van der Waals surface area contributed by atoms with Gasteiger partial charge in [-0.25, -0.2) is 0 Å². The highest BCUT2D eigenvalue weighted by Crippen LogP contribution is 2.24. The topological polar surface area (TPSA) is 18.5 Å². The van der Waals surface area contributed by atoms with E-state index in [1.807, 2.05) is 37.3 Å². The first-order valence-corrected chi connectivity index (χ1v) is 7.93. The van der Waals surface area contributed by atoms with Gasteiger partial charge in [-0.3, -0.25) is 0 Å². The molecule has 2 heteroatoms. The molecule has 0 amide bonds. The lowest BCUT2D eigenvalue weighted by molar-refractivity contribution is -0.151. The second-order valence-corrected chi connectivity index (χ2v) is 5.28. The van der Waals surface area contributed by atoms with E-state index in [1.54, 1.807) is 0 Å². The first-order valence-electron chi connectivity index (χ1n) is 7.93. The summed E-state index contributed by atoms with van der Waals surface area (Å²) < 4.78 is 11.7. The summed E-state index contributed by atoms with van der Waals surface area (Å²) in [5, 5.41) is 0. The summed E-state index contributed by atoms with van der Waals surface area (Å²) in [6.45, 7) is 8.98. The number of para-hydroxylation sites is 1. The van der Waals surface area contributed by atoms with Crippen LogP contribution in [-0.2, 0) is 4.74 Å². The first-order chi connectivity index (χ1) is 9.70. The van der Waals surface area contributed by atoms with Crippen molar-refractivity contribution in [2.24, 2.45) is 0 Å². The Hall–Kier alpha value is -1.02. The molecule has 0 aliphatic heterocycles. The van der Waals surface area contributed by atoms with Crippen molar-refractivity contribution in [1.82, 2.24) is 0 Å². The van der Waals surface area contributed by atoms with E-state index in [1.165, 1.54) is 32.1 Å². The van der Waals surface area contributed by atoms with Crippen LogP contribution in [0.4, 0.5) is 0 Å². The molecular formula is C18H29O2. The number of unbranched alkanes of at least 4 members (excludes halogenated alkanes) is 5. The highest BCUT2D eigenvalue weighted by molar-refractivity contribution is 5.21. The molecule has 0 bridgehead atoms. The van der Waals surface area contributed by atoms with E-state index < -0.39 is 5.79 Å². The van der Waals surface area contributed by atoms with Gasteiger partial charge in [-0.15, -0.1) is 0 Å². The van der Waals surface area contributed by atoms with E-state index >= 15 is 0 Å². The van der Waals surface area contributed by atoms with Gasteiger partial charge in [0, 0.05) is 20.0 Å². The van der Waals surface area contributed by atoms with Crippen molar-refractivity contribution in [3.63, 3.8) is 0 Å². The standard InChI is InChI=1S/C18H29O2/c1-4-6-7-8-9-13-16-18(3,19-5-2)20-17-14-11-10-12-15-17/h10-12,14-15H,3-9,13,16H2,1-2H3. The van der Waals surface area contributed by atoms with Gasteiger partial charge in [0.15, 0.2) is 0 Å². The third-order valence-corrected chi connectivity index (χ3v) is 3.37. The monoisotopic (exact) mass is 277 g/mol. The zero-order valence-corrected chi connectivity index (χ0v) is 13.1. The van der Waals surface area contributed by atoms with Crippen molar-refractivity contribution in [3.05, 3.63) is 37.3 Å². The highest BCUT2D eigenvalue weighted by atomic mass is 16.7. The van der Waals surface area contributed by atoms with Gasteiger partial charge in [0.2, 0.25) is 5.79 Å². The maximum Gasteiger partial charge on any atom is 0.210 e. The number of hydrogen-bond acceptors (Lipinski definition) is 2. The molecule has 0 N–H and O–H groups in total. The predicted octanol–water partition coefficient (Wildman–Crippen LogP) is 5.38. The van der Waals surface area contributed by atoms with Crippen LogP contribution < -0.4 is 4.74 Å². The molecule has 0 fully saturated rings. The van der Waals surface area contributed by atoms with Crippen LogP contribution in [0.25, 0.3) is 0 Å². The Labute approximate surface area is 124 Å². The van der Waals surface area contributed by atoms with E-state index in [4.69, 9.17) is 9.47 Å². The average molecular weight is 277 g/mol. The van der Waals surface area contributed by atoms with Gasteiger partial charge in [0.1, 0.15) is 5.75 Å². The van der Waals surface area contributed by atoms with Gasteiger partial charge in [-0.1, -0.05) is 57.2 Å². The molecule has 1 unspecified atom stereocenters. The number of rotatable bonds is 11. The van der Waals surface area contributed by atoms with E-state index in [0.717, 1.165) is 18.6 Å². The van der Waals surface area contributed by atoms with Crippen LogP contribution in [0.5, 0.6) is 5.75 Å². The van der Waals surface area contributed by atoms with Gasteiger partial charge in [-0.2, -0.15) is 0 Å². The van der Waals surface area contributed by atoms with Crippen LogP contribution in [-0.4, -0.2) is 12.4 Å². The summed E-state index contributed by atoms with van der Waals surface area (Å²) in [5.41, 5.74) is 0. The minimum atomic E-state index is -0.749. The zero-order valence-electron chi connectivity index (χ0n) is 13.1. The molecule has 20 heavy (non-hydrogen) atoms. The van der Waals surface area contributed by atoms with Crippen molar-refractivity contribution in [2.75, 3.05) is 6.61 Å². The van der Waals surface area contributed by atoms with Gasteiger partial charge in [0.25, 0.3) is 0 Å². The van der Waals surface area contributed by atoms with E-state index in [0.29, 0.717) is 6.61 Å². The fraction of sp³-hybridized carbons (Fsp3) is 0.611. The molecule has 0 aromatic heterocycles. The van der Waals surface area contributed by atoms with Crippen molar-refractivity contribution in [1.29, 1.82) is 0 Å². The summed E-state index contributed by atoms with van der Waals surface area (Å²) in [6, 6.07) is 9.80. The van der Waals surface area contributed by atoms with Gasteiger partial charge in [0.05, 0.1) is 0 Å². The molecule has 0 aliphatic rings. The maximum absolute atomic E-state index is 5.94. The Bertz CT molecular complexity index is 337. The van der Waals surface area contributed by atoms with Crippen molar-refractivity contribution >= 4 is 0 Å². The normalized spacial score (nSPS) is 13.9. The molecule has 1 radical (unpaired) electrons. The summed E-state index contributed by atoms with van der Waals surface area (Å²) in [5.74, 6) is 0.0721. The smallest absolute Gasteiger partial charge is 0.210 e. The fourth-order valence-corrected chi connectivity index (χ4v) is 2.29. The predicted molar refractivity (Wildman–Crippen MR) is 84.8 cm³/mol. The fourth-order valence-electron chi connectivity index (χ4n) is 2.29. The van der Waals surface area contributed by atoms with Crippen LogP contribution in [0, 0.1) is 6.92 Å². The van der Waals surface area contributed by atoms with Crippen molar-refractivity contribution < 1.29 is 9.47 Å². The Morgan fingerprint density at radius 1 is 0.950 bits per heavy atom. The van der Waals surface area contributed by atoms with Crippen LogP contribution >= 0.6 is 0 Å². The molecular weight excluding hydrogens is 248 g/mol. The number of hydrogen-bond donors (Lipinski definition) is 0. The molecule has 0 aliphatic carbocycles. The minimum absolute atomic E-state index is 0.617. The number of ether oxygens (including phenoxy) is 2. The molecule has 1 atom stereocenters. The molecule has 0 saturated carbocycles. The lowest BCUT2D eigenvalue weighted by Gasteiger charge is -2.30. The molecule has 0 spiro atoms. The SMILES string of the molecule is [CH2]C(CCCCCCCC)(OCC)Oc1ccccc1. The molecule has 113 valence electrons. The Morgan fingerprint density at radius 2 is 1.60 bits per heavy atom. The zero-order chi connectivity index (χ0) is 14.7. The maximum atomic E-state index is 5.94. The molecule has 2 nitrogen and oxygen atoms in total. The minimum Gasteiger partial charge on any atom is -0.462 e. The van der Waals surface area contributed by atoms with Crippen LogP contribution in [0.2, 0.25) is 0 Å². The summed E-state index contributed by atoms with van der Waals surface area (Å²) in [7, 11) is 0. The summed E-state index contributed by atoms with van der Waals surface area (Å²) in [4.78, 5) is 0. The second-order valence-electron chi connectivity index (χ2n) is 5.28. The third kappa shape index (κ3) is 6.95. The van der Waals surface area contributed by atoms with Crippen molar-refractivity contribution in [2.45, 2.75) is 64.6 Å². The second kappa shape index (κ2) is 9.82. The lowest BCUT2D eigenvalue weighted by atomic mass is 10.1. The Balaban J connectivity index is 2.37. The van der Waals surface area contributed by atoms with E-state index in [9.17, 15) is 0 Å². The summed E-state index contributed by atoms with van der Waals surface area (Å²) in [6.07, 6.45) is 8.40. The average Bonchev–Trinajstić information content (AvgIpc) is 2.44. The first kappa shape index (κ1) is 17.0. The van der Waals surface area contributed by atoms with Crippen LogP contribution in [0.15, 0.2) is 30.3 Å². The summed E-state index contributed by atoms with van der Waals surface area (Å²) >= 11 is 0. The molecule has 1 aromatic rings.